The van der Waals surface area contributed by atoms with Crippen molar-refractivity contribution in [3.8, 4) is 0 Å². The van der Waals surface area contributed by atoms with Crippen molar-refractivity contribution in [1.29, 1.82) is 0 Å². The molecule has 6 heteroatoms. The van der Waals surface area contributed by atoms with Crippen LogP contribution in [0, 0.1) is 17.0 Å². The lowest BCUT2D eigenvalue weighted by atomic mass is 9.79. The van der Waals surface area contributed by atoms with E-state index >= 15 is 0 Å². The van der Waals surface area contributed by atoms with Crippen LogP contribution in [-0.2, 0) is 6.54 Å². The molecule has 2 aliphatic rings. The second kappa shape index (κ2) is 6.83. The number of halogens is 2. The van der Waals surface area contributed by atoms with Gasteiger partial charge in [0.2, 0.25) is 0 Å². The Labute approximate surface area is 151 Å². The number of furan rings is 1. The van der Waals surface area contributed by atoms with Gasteiger partial charge in [-0.15, -0.1) is 0 Å². The zero-order valence-corrected chi connectivity index (χ0v) is 14.6. The largest absolute Gasteiger partial charge is 0.472 e. The number of rotatable bonds is 3. The van der Waals surface area contributed by atoms with Gasteiger partial charge in [0.05, 0.1) is 11.8 Å². The maximum atomic E-state index is 13.5. The van der Waals surface area contributed by atoms with Gasteiger partial charge in [0.15, 0.2) is 11.6 Å². The maximum Gasteiger partial charge on any atom is 0.257 e. The molecule has 2 aliphatic heterocycles. The van der Waals surface area contributed by atoms with Gasteiger partial charge in [-0.25, -0.2) is 8.78 Å². The second-order valence-electron chi connectivity index (χ2n) is 7.55. The van der Waals surface area contributed by atoms with Crippen LogP contribution in [0.5, 0.6) is 0 Å². The molecule has 1 atom stereocenters. The van der Waals surface area contributed by atoms with Gasteiger partial charge in [0.25, 0.3) is 5.91 Å². The average Bonchev–Trinajstić information content (AvgIpc) is 3.28. The van der Waals surface area contributed by atoms with Crippen LogP contribution in [0.2, 0.25) is 0 Å². The summed E-state index contributed by atoms with van der Waals surface area (Å²) in [6.07, 6.45) is 6.13. The predicted molar refractivity (Wildman–Crippen MR) is 92.5 cm³/mol. The number of carbonyl (C=O) groups excluding carboxylic acids is 1. The molecule has 26 heavy (non-hydrogen) atoms. The lowest BCUT2D eigenvalue weighted by molar-refractivity contribution is 0.0674. The summed E-state index contributed by atoms with van der Waals surface area (Å²) in [7, 11) is 0. The van der Waals surface area contributed by atoms with E-state index in [1.54, 1.807) is 12.1 Å². The fourth-order valence-corrected chi connectivity index (χ4v) is 4.35. The molecule has 0 bridgehead atoms. The predicted octanol–water partition coefficient (Wildman–Crippen LogP) is 3.69. The van der Waals surface area contributed by atoms with E-state index in [1.165, 1.54) is 24.7 Å². The zero-order valence-electron chi connectivity index (χ0n) is 14.6. The van der Waals surface area contributed by atoms with E-state index in [0.29, 0.717) is 12.1 Å². The first kappa shape index (κ1) is 17.2. The fraction of sp³-hybridized carbons (Fsp3) is 0.450. The third kappa shape index (κ3) is 3.38. The first-order valence-electron chi connectivity index (χ1n) is 9.02. The van der Waals surface area contributed by atoms with Crippen LogP contribution in [-0.4, -0.2) is 41.9 Å². The normalized spacial score (nSPS) is 23.7. The molecular formula is C20H22F2N2O2. The minimum Gasteiger partial charge on any atom is -0.472 e. The van der Waals surface area contributed by atoms with Gasteiger partial charge in [-0.1, -0.05) is 6.07 Å². The molecule has 0 aliphatic carbocycles. The molecule has 0 saturated carbocycles. The number of likely N-dealkylation sites (tertiary alicyclic amines) is 2. The number of carbonyl (C=O) groups is 1. The van der Waals surface area contributed by atoms with Crippen molar-refractivity contribution in [2.45, 2.75) is 25.8 Å². The van der Waals surface area contributed by atoms with Crippen molar-refractivity contribution in [2.24, 2.45) is 5.41 Å². The molecule has 0 unspecified atom stereocenters. The van der Waals surface area contributed by atoms with Crippen molar-refractivity contribution >= 4 is 5.91 Å². The Morgan fingerprint density at radius 2 is 2.00 bits per heavy atom. The Hall–Kier alpha value is -2.21. The van der Waals surface area contributed by atoms with Crippen LogP contribution in [0.4, 0.5) is 8.78 Å². The minimum absolute atomic E-state index is 0.0216. The molecule has 4 rings (SSSR count). The van der Waals surface area contributed by atoms with E-state index in [1.807, 2.05) is 4.90 Å². The van der Waals surface area contributed by atoms with Crippen molar-refractivity contribution in [3.63, 3.8) is 0 Å². The van der Waals surface area contributed by atoms with Crippen LogP contribution in [0.3, 0.4) is 0 Å². The van der Waals surface area contributed by atoms with Gasteiger partial charge < -0.3 is 9.32 Å². The Balaban J connectivity index is 1.41. The standard InChI is InChI=1S/C20H22F2N2O2/c21-17-3-2-15(10-18(17)22)11-23-7-1-5-20(13-23)6-8-24(14-20)19(25)16-4-9-26-12-16/h2-4,9-10,12H,1,5-8,11,13-14H2/t20-/m1/s1. The fourth-order valence-electron chi connectivity index (χ4n) is 4.35. The molecule has 2 aromatic rings. The molecule has 1 spiro atoms. The number of amides is 1. The summed E-state index contributed by atoms with van der Waals surface area (Å²) in [6, 6.07) is 5.80. The van der Waals surface area contributed by atoms with Crippen LogP contribution >= 0.6 is 0 Å². The van der Waals surface area contributed by atoms with E-state index in [0.717, 1.165) is 51.0 Å². The van der Waals surface area contributed by atoms with E-state index in [4.69, 9.17) is 4.42 Å². The van der Waals surface area contributed by atoms with Gasteiger partial charge >= 0.3 is 0 Å². The number of nitrogens with zero attached hydrogens (tertiary/aromatic N) is 2. The molecule has 138 valence electrons. The summed E-state index contributed by atoms with van der Waals surface area (Å²) in [5.41, 5.74) is 1.47. The highest BCUT2D eigenvalue weighted by Crippen LogP contribution is 2.39. The van der Waals surface area contributed by atoms with Crippen molar-refractivity contribution < 1.29 is 18.0 Å². The lowest BCUT2D eigenvalue weighted by Crippen LogP contribution is -2.45. The number of hydrogen-bond acceptors (Lipinski definition) is 3. The van der Waals surface area contributed by atoms with Crippen molar-refractivity contribution in [3.05, 3.63) is 59.6 Å². The van der Waals surface area contributed by atoms with Crippen LogP contribution in [0.1, 0.15) is 35.2 Å². The van der Waals surface area contributed by atoms with Gasteiger partial charge in [-0.2, -0.15) is 0 Å². The summed E-state index contributed by atoms with van der Waals surface area (Å²) in [5.74, 6) is -1.59. The molecule has 2 fully saturated rings. The third-order valence-electron chi connectivity index (χ3n) is 5.62. The smallest absolute Gasteiger partial charge is 0.257 e. The van der Waals surface area contributed by atoms with Crippen LogP contribution in [0.15, 0.2) is 41.2 Å². The summed E-state index contributed by atoms with van der Waals surface area (Å²) in [5, 5.41) is 0. The highest BCUT2D eigenvalue weighted by Gasteiger charge is 2.42. The SMILES string of the molecule is O=C(c1ccoc1)N1CC[C@@]2(CCCN(Cc3ccc(F)c(F)c3)C2)C1. The molecule has 0 N–H and O–H groups in total. The monoisotopic (exact) mass is 360 g/mol. The lowest BCUT2D eigenvalue weighted by Gasteiger charge is -2.40. The van der Waals surface area contributed by atoms with Crippen molar-refractivity contribution in [2.75, 3.05) is 26.2 Å². The second-order valence-corrected chi connectivity index (χ2v) is 7.55. The molecule has 0 radical (unpaired) electrons. The first-order valence-corrected chi connectivity index (χ1v) is 9.02. The van der Waals surface area contributed by atoms with Gasteiger partial charge in [0.1, 0.15) is 6.26 Å². The van der Waals surface area contributed by atoms with Crippen LogP contribution in [0.25, 0.3) is 0 Å². The van der Waals surface area contributed by atoms with Crippen molar-refractivity contribution in [1.82, 2.24) is 9.80 Å². The van der Waals surface area contributed by atoms with E-state index in [2.05, 4.69) is 4.90 Å². The Kier molecular flexibility index (Phi) is 4.53. The van der Waals surface area contributed by atoms with E-state index < -0.39 is 11.6 Å². The maximum absolute atomic E-state index is 13.5. The molecule has 1 amide bonds. The molecule has 1 aromatic heterocycles. The van der Waals surface area contributed by atoms with E-state index in [9.17, 15) is 13.6 Å². The summed E-state index contributed by atoms with van der Waals surface area (Å²) < 4.78 is 31.6. The quantitative estimate of drug-likeness (QED) is 0.838. The number of piperidine rings is 1. The number of hydrogen-bond donors (Lipinski definition) is 0. The molecule has 1 aromatic carbocycles. The highest BCUT2D eigenvalue weighted by atomic mass is 19.2. The van der Waals surface area contributed by atoms with Gasteiger partial charge in [0, 0.05) is 31.6 Å². The Bertz CT molecular complexity index is 793. The van der Waals surface area contributed by atoms with Gasteiger partial charge in [-0.05, 0) is 49.6 Å². The first-order chi connectivity index (χ1) is 12.5. The molecule has 2 saturated heterocycles. The summed E-state index contributed by atoms with van der Waals surface area (Å²) in [6.45, 7) is 3.92. The molecule has 3 heterocycles. The van der Waals surface area contributed by atoms with E-state index in [-0.39, 0.29) is 11.3 Å². The topological polar surface area (TPSA) is 36.7 Å². The summed E-state index contributed by atoms with van der Waals surface area (Å²) >= 11 is 0. The van der Waals surface area contributed by atoms with Gasteiger partial charge in [-0.3, -0.25) is 9.69 Å². The minimum atomic E-state index is -0.812. The average molecular weight is 360 g/mol. The van der Waals surface area contributed by atoms with Crippen LogP contribution < -0.4 is 0 Å². The highest BCUT2D eigenvalue weighted by molar-refractivity contribution is 5.94. The number of benzene rings is 1. The summed E-state index contributed by atoms with van der Waals surface area (Å²) in [4.78, 5) is 16.8. The molecule has 4 nitrogen and oxygen atoms in total. The third-order valence-corrected chi connectivity index (χ3v) is 5.62. The Morgan fingerprint density at radius 3 is 2.77 bits per heavy atom. The molecular weight excluding hydrogens is 338 g/mol. The Morgan fingerprint density at radius 1 is 1.12 bits per heavy atom. The zero-order chi connectivity index (χ0) is 18.1.